The molecule has 0 aromatic heterocycles. The molecule has 1 N–H and O–H groups in total. The lowest BCUT2D eigenvalue weighted by Gasteiger charge is -2.19. The highest BCUT2D eigenvalue weighted by molar-refractivity contribution is 9.11. The van der Waals surface area contributed by atoms with Crippen molar-refractivity contribution in [3.05, 3.63) is 25.6 Å². The lowest BCUT2D eigenvalue weighted by atomic mass is 10.1. The number of halogens is 3. The first-order valence-electron chi connectivity index (χ1n) is 5.31. The van der Waals surface area contributed by atoms with Gasteiger partial charge in [0.05, 0.1) is 5.69 Å². The molecule has 1 aromatic carbocycles. The van der Waals surface area contributed by atoms with Crippen molar-refractivity contribution in [1.82, 2.24) is 0 Å². The number of nitrogens with one attached hydrogen (secondary N) is 1. The van der Waals surface area contributed by atoms with Crippen molar-refractivity contribution in [3.8, 4) is 0 Å². The summed E-state index contributed by atoms with van der Waals surface area (Å²) in [4.78, 5) is 0. The highest BCUT2D eigenvalue weighted by Crippen LogP contribution is 2.35. The van der Waals surface area contributed by atoms with E-state index >= 15 is 0 Å². The van der Waals surface area contributed by atoms with Crippen LogP contribution in [0.3, 0.4) is 0 Å². The monoisotopic (exact) mass is 411 g/mol. The molecule has 1 rings (SSSR count). The zero-order valence-electron chi connectivity index (χ0n) is 9.65. The molecule has 0 heterocycles. The second kappa shape index (κ2) is 6.41. The second-order valence-electron chi connectivity index (χ2n) is 4.42. The summed E-state index contributed by atoms with van der Waals surface area (Å²) in [6.07, 6.45) is 1.16. The third kappa shape index (κ3) is 4.38. The maximum Gasteiger partial charge on any atom is 0.0631 e. The van der Waals surface area contributed by atoms with Crippen LogP contribution in [0, 0.1) is 5.92 Å². The second-order valence-corrected chi connectivity index (χ2v) is 7.04. The molecular formula is C12H16Br3N. The SMILES string of the molecule is CC(C)CC(C)Nc1c(Br)cc(Br)cc1Br. The van der Waals surface area contributed by atoms with Crippen LogP contribution >= 0.6 is 47.8 Å². The van der Waals surface area contributed by atoms with E-state index in [2.05, 4.69) is 86.0 Å². The van der Waals surface area contributed by atoms with E-state index in [1.54, 1.807) is 0 Å². The third-order valence-corrected chi connectivity index (χ3v) is 3.93. The molecular weight excluding hydrogens is 398 g/mol. The molecule has 1 aromatic rings. The molecule has 1 unspecified atom stereocenters. The van der Waals surface area contributed by atoms with E-state index in [0.717, 1.165) is 25.5 Å². The Bertz CT molecular complexity index is 340. The largest absolute Gasteiger partial charge is 0.381 e. The zero-order chi connectivity index (χ0) is 12.3. The van der Waals surface area contributed by atoms with E-state index in [1.165, 1.54) is 0 Å². The van der Waals surface area contributed by atoms with Gasteiger partial charge in [0.25, 0.3) is 0 Å². The van der Waals surface area contributed by atoms with Gasteiger partial charge >= 0.3 is 0 Å². The minimum absolute atomic E-state index is 0.466. The molecule has 0 aliphatic rings. The minimum Gasteiger partial charge on any atom is -0.381 e. The van der Waals surface area contributed by atoms with Crippen molar-refractivity contribution >= 4 is 53.5 Å². The number of hydrogen-bond donors (Lipinski definition) is 1. The van der Waals surface area contributed by atoms with Gasteiger partial charge in [0.15, 0.2) is 0 Å². The van der Waals surface area contributed by atoms with E-state index in [4.69, 9.17) is 0 Å². The molecule has 90 valence electrons. The lowest BCUT2D eigenvalue weighted by molar-refractivity contribution is 0.539. The first-order chi connectivity index (χ1) is 7.40. The average molecular weight is 414 g/mol. The number of rotatable bonds is 4. The van der Waals surface area contributed by atoms with E-state index in [0.29, 0.717) is 12.0 Å². The minimum atomic E-state index is 0.466. The number of benzene rings is 1. The predicted octanol–water partition coefficient (Wildman–Crippen LogP) is 5.82. The fourth-order valence-corrected chi connectivity index (χ4v) is 4.18. The Morgan fingerprint density at radius 2 is 1.56 bits per heavy atom. The van der Waals surface area contributed by atoms with Gasteiger partial charge in [-0.2, -0.15) is 0 Å². The van der Waals surface area contributed by atoms with E-state index < -0.39 is 0 Å². The molecule has 16 heavy (non-hydrogen) atoms. The van der Waals surface area contributed by atoms with Gasteiger partial charge < -0.3 is 5.32 Å². The number of anilines is 1. The molecule has 1 atom stereocenters. The van der Waals surface area contributed by atoms with Crippen molar-refractivity contribution in [3.63, 3.8) is 0 Å². The van der Waals surface area contributed by atoms with Crippen molar-refractivity contribution in [2.24, 2.45) is 5.92 Å². The summed E-state index contributed by atoms with van der Waals surface area (Å²) < 4.78 is 3.21. The standard InChI is InChI=1S/C12H16Br3N/c1-7(2)4-8(3)16-12-10(14)5-9(13)6-11(12)15/h5-8,16H,4H2,1-3H3. The first-order valence-corrected chi connectivity index (χ1v) is 7.69. The fraction of sp³-hybridized carbons (Fsp3) is 0.500. The summed E-state index contributed by atoms with van der Waals surface area (Å²) in [6.45, 7) is 6.69. The van der Waals surface area contributed by atoms with Crippen molar-refractivity contribution in [1.29, 1.82) is 0 Å². The van der Waals surface area contributed by atoms with Crippen LogP contribution in [0.1, 0.15) is 27.2 Å². The Balaban J connectivity index is 2.81. The van der Waals surface area contributed by atoms with Crippen molar-refractivity contribution in [2.45, 2.75) is 33.2 Å². The van der Waals surface area contributed by atoms with Crippen LogP contribution in [0.5, 0.6) is 0 Å². The van der Waals surface area contributed by atoms with Gasteiger partial charge in [-0.1, -0.05) is 29.8 Å². The van der Waals surface area contributed by atoms with Gasteiger partial charge in [0.1, 0.15) is 0 Å². The van der Waals surface area contributed by atoms with Gasteiger partial charge in [-0.25, -0.2) is 0 Å². The van der Waals surface area contributed by atoms with E-state index in [1.807, 2.05) is 0 Å². The van der Waals surface area contributed by atoms with Crippen LogP contribution in [-0.2, 0) is 0 Å². The van der Waals surface area contributed by atoms with Gasteiger partial charge in [0, 0.05) is 19.5 Å². The molecule has 0 bridgehead atoms. The van der Waals surface area contributed by atoms with Crippen LogP contribution in [0.4, 0.5) is 5.69 Å². The van der Waals surface area contributed by atoms with Gasteiger partial charge in [-0.3, -0.25) is 0 Å². The maximum atomic E-state index is 3.57. The topological polar surface area (TPSA) is 12.0 Å². The molecule has 0 amide bonds. The Hall–Kier alpha value is 0.460. The van der Waals surface area contributed by atoms with Crippen LogP contribution in [-0.4, -0.2) is 6.04 Å². The Labute approximate surface area is 123 Å². The summed E-state index contributed by atoms with van der Waals surface area (Å²) in [5.41, 5.74) is 1.12. The van der Waals surface area contributed by atoms with Crippen molar-refractivity contribution in [2.75, 3.05) is 5.32 Å². The summed E-state index contributed by atoms with van der Waals surface area (Å²) >= 11 is 10.6. The van der Waals surface area contributed by atoms with Gasteiger partial charge in [-0.05, 0) is 63.3 Å². The molecule has 0 saturated carbocycles. The summed E-state index contributed by atoms with van der Waals surface area (Å²) in [5.74, 6) is 0.704. The van der Waals surface area contributed by atoms with E-state index in [-0.39, 0.29) is 0 Å². The van der Waals surface area contributed by atoms with Crippen LogP contribution in [0.25, 0.3) is 0 Å². The maximum absolute atomic E-state index is 3.57. The quantitative estimate of drug-likeness (QED) is 0.655. The smallest absolute Gasteiger partial charge is 0.0631 e. The highest BCUT2D eigenvalue weighted by atomic mass is 79.9. The molecule has 0 radical (unpaired) electrons. The van der Waals surface area contributed by atoms with Crippen LogP contribution in [0.2, 0.25) is 0 Å². The van der Waals surface area contributed by atoms with Gasteiger partial charge in [-0.15, -0.1) is 0 Å². The summed E-state index contributed by atoms with van der Waals surface area (Å²) in [5, 5.41) is 3.52. The Morgan fingerprint density at radius 1 is 1.06 bits per heavy atom. The van der Waals surface area contributed by atoms with Crippen LogP contribution < -0.4 is 5.32 Å². The molecule has 0 fully saturated rings. The molecule has 0 saturated heterocycles. The molecule has 0 spiro atoms. The summed E-state index contributed by atoms with van der Waals surface area (Å²) in [7, 11) is 0. The highest BCUT2D eigenvalue weighted by Gasteiger charge is 2.10. The zero-order valence-corrected chi connectivity index (χ0v) is 14.4. The molecule has 1 nitrogen and oxygen atoms in total. The van der Waals surface area contributed by atoms with Crippen LogP contribution in [0.15, 0.2) is 25.6 Å². The van der Waals surface area contributed by atoms with E-state index in [9.17, 15) is 0 Å². The summed E-state index contributed by atoms with van der Waals surface area (Å²) in [6, 6.07) is 4.57. The molecule has 4 heteroatoms. The predicted molar refractivity (Wildman–Crippen MR) is 82.1 cm³/mol. The van der Waals surface area contributed by atoms with Crippen molar-refractivity contribution < 1.29 is 0 Å². The Kier molecular flexibility index (Phi) is 5.82. The lowest BCUT2D eigenvalue weighted by Crippen LogP contribution is -2.18. The molecule has 0 aliphatic heterocycles. The third-order valence-electron chi connectivity index (χ3n) is 2.22. The molecule has 0 aliphatic carbocycles. The normalized spacial score (nSPS) is 12.9. The first kappa shape index (κ1) is 14.5. The Morgan fingerprint density at radius 3 is 2.00 bits per heavy atom. The fourth-order valence-electron chi connectivity index (χ4n) is 1.69. The number of hydrogen-bond acceptors (Lipinski definition) is 1. The average Bonchev–Trinajstić information content (AvgIpc) is 2.09. The van der Waals surface area contributed by atoms with Gasteiger partial charge in [0.2, 0.25) is 0 Å².